The number of benzene rings is 1. The van der Waals surface area contributed by atoms with Crippen LogP contribution >= 0.6 is 0 Å². The maximum absolute atomic E-state index is 11.8. The summed E-state index contributed by atoms with van der Waals surface area (Å²) < 4.78 is 6.85. The number of methoxy groups -OCH3 is 1. The van der Waals surface area contributed by atoms with Gasteiger partial charge in [0.1, 0.15) is 5.75 Å². The molecule has 7 nitrogen and oxygen atoms in total. The number of aryl methyl sites for hydroxylation is 1. The van der Waals surface area contributed by atoms with E-state index in [1.165, 1.54) is 10.4 Å². The zero-order chi connectivity index (χ0) is 19.2. The number of aromatic nitrogens is 2. The summed E-state index contributed by atoms with van der Waals surface area (Å²) in [6, 6.07) is 9.86. The zero-order valence-corrected chi connectivity index (χ0v) is 16.5. The molecule has 1 aliphatic heterocycles. The number of hydrogen-bond acceptors (Lipinski definition) is 6. The van der Waals surface area contributed by atoms with Gasteiger partial charge in [-0.1, -0.05) is 12.1 Å². The number of para-hydroxylation sites is 2. The van der Waals surface area contributed by atoms with Gasteiger partial charge in [0, 0.05) is 58.9 Å². The molecule has 27 heavy (non-hydrogen) atoms. The second-order valence-electron chi connectivity index (χ2n) is 6.76. The van der Waals surface area contributed by atoms with E-state index >= 15 is 0 Å². The van der Waals surface area contributed by atoms with Crippen molar-refractivity contribution in [3.05, 3.63) is 46.9 Å². The molecule has 2 heterocycles. The van der Waals surface area contributed by atoms with Crippen molar-refractivity contribution in [2.24, 2.45) is 7.05 Å². The summed E-state index contributed by atoms with van der Waals surface area (Å²) in [5, 5.41) is 4.13. The highest BCUT2D eigenvalue weighted by Crippen LogP contribution is 2.28. The molecule has 0 radical (unpaired) electrons. The normalized spacial score (nSPS) is 15.0. The summed E-state index contributed by atoms with van der Waals surface area (Å²) in [5.74, 6) is 0.932. The summed E-state index contributed by atoms with van der Waals surface area (Å²) in [6.45, 7) is 8.84. The Bertz CT molecular complexity index is 799. The van der Waals surface area contributed by atoms with Gasteiger partial charge in [0.05, 0.1) is 24.7 Å². The Balaban J connectivity index is 1.54. The van der Waals surface area contributed by atoms with Crippen LogP contribution in [-0.2, 0) is 7.05 Å². The second kappa shape index (κ2) is 8.90. The fraction of sp³-hybridized carbons (Fsp3) is 0.500. The van der Waals surface area contributed by atoms with Crippen molar-refractivity contribution in [3.63, 3.8) is 0 Å². The van der Waals surface area contributed by atoms with E-state index in [0.717, 1.165) is 57.3 Å². The Hall–Kier alpha value is -2.54. The van der Waals surface area contributed by atoms with Crippen molar-refractivity contribution in [3.8, 4) is 5.75 Å². The van der Waals surface area contributed by atoms with Crippen LogP contribution in [-0.4, -0.2) is 67.6 Å². The minimum atomic E-state index is -0.0728. The van der Waals surface area contributed by atoms with Gasteiger partial charge in [0.15, 0.2) is 0 Å². The lowest BCUT2D eigenvalue weighted by molar-refractivity contribution is 0.262. The Morgan fingerprint density at radius 3 is 2.59 bits per heavy atom. The SMILES string of the molecule is CCN(CCN1CCN(c2ccccc2OC)CC1)c1cnn(C)c(=O)c1. The molecule has 0 N–H and O–H groups in total. The van der Waals surface area contributed by atoms with Crippen LogP contribution in [0.2, 0.25) is 0 Å². The highest BCUT2D eigenvalue weighted by molar-refractivity contribution is 5.58. The molecule has 7 heteroatoms. The van der Waals surface area contributed by atoms with Gasteiger partial charge in [0.25, 0.3) is 5.56 Å². The van der Waals surface area contributed by atoms with Crippen LogP contribution in [0, 0.1) is 0 Å². The van der Waals surface area contributed by atoms with Crippen LogP contribution in [0.3, 0.4) is 0 Å². The topological polar surface area (TPSA) is 53.8 Å². The molecule has 1 aromatic carbocycles. The van der Waals surface area contributed by atoms with E-state index in [1.54, 1.807) is 26.4 Å². The van der Waals surface area contributed by atoms with Crippen molar-refractivity contribution in [1.29, 1.82) is 0 Å². The monoisotopic (exact) mass is 371 g/mol. The molecule has 1 aromatic heterocycles. The van der Waals surface area contributed by atoms with Crippen molar-refractivity contribution >= 4 is 11.4 Å². The van der Waals surface area contributed by atoms with E-state index in [4.69, 9.17) is 4.74 Å². The van der Waals surface area contributed by atoms with Crippen LogP contribution in [0.4, 0.5) is 11.4 Å². The van der Waals surface area contributed by atoms with E-state index in [1.807, 2.05) is 12.1 Å². The van der Waals surface area contributed by atoms with E-state index in [0.29, 0.717) is 0 Å². The number of ether oxygens (including phenoxy) is 1. The van der Waals surface area contributed by atoms with Crippen molar-refractivity contribution in [2.45, 2.75) is 6.92 Å². The molecule has 0 unspecified atom stereocenters. The van der Waals surface area contributed by atoms with Crippen LogP contribution in [0.15, 0.2) is 41.3 Å². The maximum Gasteiger partial charge on any atom is 0.268 e. The van der Waals surface area contributed by atoms with Crippen LogP contribution in [0.25, 0.3) is 0 Å². The van der Waals surface area contributed by atoms with E-state index < -0.39 is 0 Å². The lowest BCUT2D eigenvalue weighted by Crippen LogP contribution is -2.48. The zero-order valence-electron chi connectivity index (χ0n) is 16.5. The molecule has 1 aliphatic rings. The summed E-state index contributed by atoms with van der Waals surface area (Å²) >= 11 is 0. The van der Waals surface area contributed by atoms with Crippen LogP contribution in [0.5, 0.6) is 5.75 Å². The van der Waals surface area contributed by atoms with Gasteiger partial charge in [-0.3, -0.25) is 9.69 Å². The molecule has 1 fully saturated rings. The standard InChI is InChI=1S/C20H29N5O2/c1-4-24(17-15-20(26)22(2)21-16-17)12-9-23-10-13-25(14-11-23)18-7-5-6-8-19(18)27-3/h5-8,15-16H,4,9-14H2,1-3H3. The molecule has 0 saturated carbocycles. The molecular weight excluding hydrogens is 342 g/mol. The minimum Gasteiger partial charge on any atom is -0.495 e. The van der Waals surface area contributed by atoms with Gasteiger partial charge in [0.2, 0.25) is 0 Å². The highest BCUT2D eigenvalue weighted by atomic mass is 16.5. The summed E-state index contributed by atoms with van der Waals surface area (Å²) in [6.07, 6.45) is 1.77. The number of piperazine rings is 1. The molecular formula is C20H29N5O2. The van der Waals surface area contributed by atoms with Gasteiger partial charge in [-0.05, 0) is 19.1 Å². The van der Waals surface area contributed by atoms with Crippen molar-refractivity contribution < 1.29 is 4.74 Å². The predicted molar refractivity (Wildman–Crippen MR) is 109 cm³/mol. The number of anilines is 2. The van der Waals surface area contributed by atoms with Crippen LogP contribution in [0.1, 0.15) is 6.92 Å². The number of likely N-dealkylation sites (N-methyl/N-ethyl adjacent to an activating group) is 1. The molecule has 0 amide bonds. The average molecular weight is 371 g/mol. The highest BCUT2D eigenvalue weighted by Gasteiger charge is 2.20. The van der Waals surface area contributed by atoms with Gasteiger partial charge >= 0.3 is 0 Å². The largest absolute Gasteiger partial charge is 0.495 e. The number of nitrogens with zero attached hydrogens (tertiary/aromatic N) is 5. The van der Waals surface area contributed by atoms with E-state index in [-0.39, 0.29) is 5.56 Å². The lowest BCUT2D eigenvalue weighted by atomic mass is 10.2. The average Bonchev–Trinajstić information content (AvgIpc) is 2.71. The summed E-state index contributed by atoms with van der Waals surface area (Å²) in [5.41, 5.74) is 1.99. The maximum atomic E-state index is 11.8. The molecule has 2 aromatic rings. The molecule has 0 aliphatic carbocycles. The fourth-order valence-electron chi connectivity index (χ4n) is 3.47. The minimum absolute atomic E-state index is 0.0728. The van der Waals surface area contributed by atoms with Crippen molar-refractivity contribution in [2.75, 3.05) is 62.7 Å². The number of rotatable bonds is 7. The Morgan fingerprint density at radius 2 is 1.93 bits per heavy atom. The molecule has 146 valence electrons. The Labute approximate surface area is 160 Å². The van der Waals surface area contributed by atoms with Crippen LogP contribution < -0.4 is 20.1 Å². The first-order chi connectivity index (χ1) is 13.1. The van der Waals surface area contributed by atoms with Gasteiger partial charge in [-0.25, -0.2) is 4.68 Å². The third-order valence-corrected chi connectivity index (χ3v) is 5.18. The molecule has 0 atom stereocenters. The smallest absolute Gasteiger partial charge is 0.268 e. The molecule has 3 rings (SSSR count). The van der Waals surface area contributed by atoms with E-state index in [9.17, 15) is 4.79 Å². The first-order valence-electron chi connectivity index (χ1n) is 9.51. The van der Waals surface area contributed by atoms with Crippen molar-refractivity contribution in [1.82, 2.24) is 14.7 Å². The summed E-state index contributed by atoms with van der Waals surface area (Å²) in [7, 11) is 3.39. The third kappa shape index (κ3) is 4.60. The fourth-order valence-corrected chi connectivity index (χ4v) is 3.47. The Morgan fingerprint density at radius 1 is 1.19 bits per heavy atom. The predicted octanol–water partition coefficient (Wildman–Crippen LogP) is 1.44. The van der Waals surface area contributed by atoms with Gasteiger partial charge in [-0.2, -0.15) is 5.10 Å². The first-order valence-corrected chi connectivity index (χ1v) is 9.51. The van der Waals surface area contributed by atoms with Gasteiger partial charge in [-0.15, -0.1) is 0 Å². The first kappa shape index (κ1) is 19.2. The van der Waals surface area contributed by atoms with Gasteiger partial charge < -0.3 is 14.5 Å². The second-order valence-corrected chi connectivity index (χ2v) is 6.76. The molecule has 1 saturated heterocycles. The van der Waals surface area contributed by atoms with E-state index in [2.05, 4.69) is 38.9 Å². The molecule has 0 spiro atoms. The quantitative estimate of drug-likeness (QED) is 0.734. The molecule has 0 bridgehead atoms. The Kier molecular flexibility index (Phi) is 6.34. The third-order valence-electron chi connectivity index (χ3n) is 5.18. The lowest BCUT2D eigenvalue weighted by Gasteiger charge is -2.37. The number of hydrogen-bond donors (Lipinski definition) is 0. The summed E-state index contributed by atoms with van der Waals surface area (Å²) in [4.78, 5) is 18.9.